The summed E-state index contributed by atoms with van der Waals surface area (Å²) in [4.78, 5) is 27.6. The van der Waals surface area contributed by atoms with E-state index in [2.05, 4.69) is 5.32 Å². The van der Waals surface area contributed by atoms with Crippen molar-refractivity contribution in [3.05, 3.63) is 42.0 Å². The minimum absolute atomic E-state index is 0.0614. The van der Waals surface area contributed by atoms with Crippen molar-refractivity contribution in [2.24, 2.45) is 11.8 Å². The summed E-state index contributed by atoms with van der Waals surface area (Å²) in [6.07, 6.45) is 2.32. The number of benzene rings is 2. The molecule has 1 aliphatic heterocycles. The third kappa shape index (κ3) is 4.69. The molecule has 2 aromatic rings. The van der Waals surface area contributed by atoms with E-state index in [1.807, 2.05) is 24.3 Å². The van der Waals surface area contributed by atoms with Crippen molar-refractivity contribution in [2.75, 3.05) is 39.9 Å². The summed E-state index contributed by atoms with van der Waals surface area (Å²) in [5.74, 6) is 1.92. The van der Waals surface area contributed by atoms with Gasteiger partial charge in [-0.1, -0.05) is 12.1 Å². The standard InChI is InChI=1S/C25H30N2O6/c1-30-19-9-7-16(8-10-19)23(15-5-6-15)26-25(29)17-11-22(28)27(14-17)18-12-20(31-2)24(33-4)21(13-18)32-3/h7-10,12-13,15,17,23H,5-6,11,14H2,1-4H3,(H,26,29). The minimum Gasteiger partial charge on any atom is -0.497 e. The maximum Gasteiger partial charge on any atom is 0.227 e. The zero-order valence-corrected chi connectivity index (χ0v) is 19.4. The number of carbonyl (C=O) groups excluding carboxylic acids is 2. The van der Waals surface area contributed by atoms with Gasteiger partial charge in [0.15, 0.2) is 11.5 Å². The molecule has 0 spiro atoms. The maximum absolute atomic E-state index is 13.2. The van der Waals surface area contributed by atoms with Crippen molar-refractivity contribution in [1.29, 1.82) is 0 Å². The molecule has 0 radical (unpaired) electrons. The number of ether oxygens (including phenoxy) is 4. The summed E-state index contributed by atoms with van der Waals surface area (Å²) < 4.78 is 21.4. The Balaban J connectivity index is 1.50. The Hall–Kier alpha value is -3.42. The van der Waals surface area contributed by atoms with Crippen molar-refractivity contribution in [3.8, 4) is 23.0 Å². The fourth-order valence-electron chi connectivity index (χ4n) is 4.34. The molecule has 176 valence electrons. The number of nitrogens with one attached hydrogen (secondary N) is 1. The second-order valence-corrected chi connectivity index (χ2v) is 8.39. The van der Waals surface area contributed by atoms with Gasteiger partial charge in [0, 0.05) is 25.1 Å². The van der Waals surface area contributed by atoms with Crippen LogP contribution < -0.4 is 29.2 Å². The third-order valence-corrected chi connectivity index (χ3v) is 6.32. The molecule has 1 saturated carbocycles. The van der Waals surface area contributed by atoms with Crippen LogP contribution in [-0.4, -0.2) is 46.8 Å². The van der Waals surface area contributed by atoms with Crippen molar-refractivity contribution in [3.63, 3.8) is 0 Å². The minimum atomic E-state index is -0.434. The van der Waals surface area contributed by atoms with Gasteiger partial charge in [-0.15, -0.1) is 0 Å². The Kier molecular flexibility index (Phi) is 6.62. The third-order valence-electron chi connectivity index (χ3n) is 6.32. The zero-order chi connectivity index (χ0) is 23.5. The van der Waals surface area contributed by atoms with Crippen molar-refractivity contribution in [2.45, 2.75) is 25.3 Å². The Bertz CT molecular complexity index is 993. The predicted octanol–water partition coefficient (Wildman–Crippen LogP) is 3.34. The monoisotopic (exact) mass is 454 g/mol. The lowest BCUT2D eigenvalue weighted by atomic mass is 10.00. The van der Waals surface area contributed by atoms with Gasteiger partial charge in [0.05, 0.1) is 46.1 Å². The van der Waals surface area contributed by atoms with Crippen LogP contribution in [0.15, 0.2) is 36.4 Å². The van der Waals surface area contributed by atoms with E-state index in [0.29, 0.717) is 35.4 Å². The average molecular weight is 455 g/mol. The molecule has 4 rings (SSSR count). The Labute approximate surface area is 193 Å². The topological polar surface area (TPSA) is 86.3 Å². The van der Waals surface area contributed by atoms with E-state index in [9.17, 15) is 9.59 Å². The molecular weight excluding hydrogens is 424 g/mol. The number of methoxy groups -OCH3 is 4. The largest absolute Gasteiger partial charge is 0.497 e. The predicted molar refractivity (Wildman–Crippen MR) is 123 cm³/mol. The molecule has 1 heterocycles. The summed E-state index contributed by atoms with van der Waals surface area (Å²) in [7, 11) is 6.22. The molecule has 2 unspecified atom stereocenters. The van der Waals surface area contributed by atoms with Gasteiger partial charge in [0.1, 0.15) is 5.75 Å². The first-order valence-corrected chi connectivity index (χ1v) is 11.0. The molecule has 1 aliphatic carbocycles. The van der Waals surface area contributed by atoms with E-state index in [1.54, 1.807) is 24.1 Å². The molecule has 8 nitrogen and oxygen atoms in total. The number of carbonyl (C=O) groups is 2. The number of amides is 2. The molecule has 1 N–H and O–H groups in total. The van der Waals surface area contributed by atoms with Crippen LogP contribution in [0.1, 0.15) is 30.9 Å². The van der Waals surface area contributed by atoms with E-state index in [-0.39, 0.29) is 24.3 Å². The highest BCUT2D eigenvalue weighted by atomic mass is 16.5. The van der Waals surface area contributed by atoms with Crippen LogP contribution in [-0.2, 0) is 9.59 Å². The molecule has 2 atom stereocenters. The van der Waals surface area contributed by atoms with E-state index in [4.69, 9.17) is 18.9 Å². The van der Waals surface area contributed by atoms with Crippen molar-refractivity contribution >= 4 is 17.5 Å². The van der Waals surface area contributed by atoms with Crippen LogP contribution in [0.4, 0.5) is 5.69 Å². The highest BCUT2D eigenvalue weighted by Crippen LogP contribution is 2.43. The second kappa shape index (κ2) is 9.60. The number of hydrogen-bond acceptors (Lipinski definition) is 6. The Morgan fingerprint density at radius 3 is 2.12 bits per heavy atom. The van der Waals surface area contributed by atoms with Gasteiger partial charge in [0.2, 0.25) is 17.6 Å². The van der Waals surface area contributed by atoms with Crippen LogP contribution in [0.3, 0.4) is 0 Å². The van der Waals surface area contributed by atoms with Gasteiger partial charge in [-0.2, -0.15) is 0 Å². The van der Waals surface area contributed by atoms with Crippen LogP contribution in [0.5, 0.6) is 23.0 Å². The summed E-state index contributed by atoms with van der Waals surface area (Å²) in [6.45, 7) is 0.295. The van der Waals surface area contributed by atoms with Crippen LogP contribution in [0.25, 0.3) is 0 Å². The van der Waals surface area contributed by atoms with Crippen molar-refractivity contribution < 1.29 is 28.5 Å². The van der Waals surface area contributed by atoms with Gasteiger partial charge in [-0.05, 0) is 36.5 Å². The van der Waals surface area contributed by atoms with Crippen molar-refractivity contribution in [1.82, 2.24) is 5.32 Å². The molecular formula is C25H30N2O6. The highest BCUT2D eigenvalue weighted by Gasteiger charge is 2.39. The van der Waals surface area contributed by atoms with Gasteiger partial charge in [0.25, 0.3) is 0 Å². The SMILES string of the molecule is COc1ccc(C(NC(=O)C2CC(=O)N(c3cc(OC)c(OC)c(OC)c3)C2)C2CC2)cc1. The molecule has 1 saturated heterocycles. The Morgan fingerprint density at radius 2 is 1.61 bits per heavy atom. The molecule has 2 fully saturated rings. The summed E-state index contributed by atoms with van der Waals surface area (Å²) in [6, 6.07) is 11.2. The number of rotatable bonds is 9. The lowest BCUT2D eigenvalue weighted by Crippen LogP contribution is -2.36. The average Bonchev–Trinajstić information content (AvgIpc) is 3.62. The number of hydrogen-bond donors (Lipinski definition) is 1. The van der Waals surface area contributed by atoms with Crippen LogP contribution >= 0.6 is 0 Å². The molecule has 0 aromatic heterocycles. The quantitative estimate of drug-likeness (QED) is 0.626. The van der Waals surface area contributed by atoms with E-state index < -0.39 is 5.92 Å². The molecule has 0 bridgehead atoms. The first-order chi connectivity index (χ1) is 16.0. The lowest BCUT2D eigenvalue weighted by molar-refractivity contribution is -0.127. The summed E-state index contributed by atoms with van der Waals surface area (Å²) in [5, 5.41) is 3.20. The maximum atomic E-state index is 13.2. The Morgan fingerprint density at radius 1 is 0.970 bits per heavy atom. The summed E-state index contributed by atoms with van der Waals surface area (Å²) in [5.41, 5.74) is 1.66. The van der Waals surface area contributed by atoms with E-state index >= 15 is 0 Å². The molecule has 2 aromatic carbocycles. The smallest absolute Gasteiger partial charge is 0.227 e. The molecule has 8 heteroatoms. The van der Waals surface area contributed by atoms with Gasteiger partial charge < -0.3 is 29.2 Å². The number of nitrogens with zero attached hydrogens (tertiary/aromatic N) is 1. The lowest BCUT2D eigenvalue weighted by Gasteiger charge is -2.22. The highest BCUT2D eigenvalue weighted by molar-refractivity contribution is 6.00. The van der Waals surface area contributed by atoms with Gasteiger partial charge in [-0.3, -0.25) is 9.59 Å². The number of anilines is 1. The molecule has 33 heavy (non-hydrogen) atoms. The fraction of sp³-hybridized carbons (Fsp3) is 0.440. The second-order valence-electron chi connectivity index (χ2n) is 8.39. The normalized spacial score (nSPS) is 18.6. The van der Waals surface area contributed by atoms with E-state index in [1.165, 1.54) is 21.3 Å². The van der Waals surface area contributed by atoms with Crippen LogP contribution in [0, 0.1) is 11.8 Å². The van der Waals surface area contributed by atoms with Gasteiger partial charge in [-0.25, -0.2) is 0 Å². The van der Waals surface area contributed by atoms with Gasteiger partial charge >= 0.3 is 0 Å². The van der Waals surface area contributed by atoms with Crippen LogP contribution in [0.2, 0.25) is 0 Å². The molecule has 2 aliphatic rings. The summed E-state index contributed by atoms with van der Waals surface area (Å²) >= 11 is 0. The first-order valence-electron chi connectivity index (χ1n) is 11.0. The van der Waals surface area contributed by atoms with E-state index in [0.717, 1.165) is 24.2 Å². The fourth-order valence-corrected chi connectivity index (χ4v) is 4.34. The zero-order valence-electron chi connectivity index (χ0n) is 19.4. The molecule has 2 amide bonds. The first kappa shape index (κ1) is 22.8.